The van der Waals surface area contributed by atoms with E-state index in [-0.39, 0.29) is 6.04 Å². The van der Waals surface area contributed by atoms with E-state index < -0.39 is 11.7 Å². The average molecular weight is 314 g/mol. The predicted octanol–water partition coefficient (Wildman–Crippen LogP) is 2.99. The van der Waals surface area contributed by atoms with Gasteiger partial charge in [-0.1, -0.05) is 17.7 Å². The fraction of sp³-hybridized carbons (Fsp3) is 0.533. The van der Waals surface area contributed by atoms with Gasteiger partial charge in [0, 0.05) is 29.8 Å². The summed E-state index contributed by atoms with van der Waals surface area (Å²) in [5.74, 6) is 0. The minimum absolute atomic E-state index is 0.0541. The predicted molar refractivity (Wildman–Crippen MR) is 86.8 cm³/mol. The van der Waals surface area contributed by atoms with E-state index >= 15 is 0 Å². The van der Waals surface area contributed by atoms with E-state index in [1.807, 2.05) is 45.0 Å². The molecular formula is C15H24ClN3O2. The number of hydrogen-bond acceptors (Lipinski definition) is 4. The van der Waals surface area contributed by atoms with Gasteiger partial charge in [0.2, 0.25) is 0 Å². The standard InChI is InChI=1S/C15H24ClN3O2/c1-15(2,3)21-14(20)18-8-7-13(10-17)19-12-6-4-5-11(16)9-12/h4-6,9,13,19H,7-8,10,17H2,1-3H3,(H,18,20). The number of hydrogen-bond donors (Lipinski definition) is 3. The summed E-state index contributed by atoms with van der Waals surface area (Å²) in [6.45, 7) is 6.44. The van der Waals surface area contributed by atoms with Gasteiger partial charge >= 0.3 is 6.09 Å². The molecule has 0 fully saturated rings. The monoisotopic (exact) mass is 313 g/mol. The summed E-state index contributed by atoms with van der Waals surface area (Å²) in [5, 5.41) is 6.68. The molecule has 0 aliphatic heterocycles. The van der Waals surface area contributed by atoms with Crippen molar-refractivity contribution in [2.75, 3.05) is 18.4 Å². The highest BCUT2D eigenvalue weighted by Crippen LogP contribution is 2.16. The molecule has 0 saturated heterocycles. The number of nitrogens with one attached hydrogen (secondary N) is 2. The first kappa shape index (κ1) is 17.6. The highest BCUT2D eigenvalue weighted by Gasteiger charge is 2.16. The lowest BCUT2D eigenvalue weighted by atomic mass is 10.2. The van der Waals surface area contributed by atoms with Crippen LogP contribution in [0.2, 0.25) is 5.02 Å². The molecule has 0 aromatic heterocycles. The van der Waals surface area contributed by atoms with Crippen LogP contribution < -0.4 is 16.4 Å². The lowest BCUT2D eigenvalue weighted by molar-refractivity contribution is 0.0527. The molecule has 0 aliphatic rings. The minimum Gasteiger partial charge on any atom is -0.444 e. The molecule has 118 valence electrons. The summed E-state index contributed by atoms with van der Waals surface area (Å²) in [6.07, 6.45) is 0.281. The van der Waals surface area contributed by atoms with E-state index in [0.29, 0.717) is 24.5 Å². The summed E-state index contributed by atoms with van der Waals surface area (Å²) in [4.78, 5) is 11.5. The van der Waals surface area contributed by atoms with Crippen molar-refractivity contribution < 1.29 is 9.53 Å². The fourth-order valence-corrected chi connectivity index (χ4v) is 1.92. The maximum Gasteiger partial charge on any atom is 0.407 e. The Hall–Kier alpha value is -1.46. The van der Waals surface area contributed by atoms with E-state index in [0.717, 1.165) is 5.69 Å². The Balaban J connectivity index is 2.36. The Morgan fingerprint density at radius 3 is 2.71 bits per heavy atom. The van der Waals surface area contributed by atoms with Crippen LogP contribution in [0.15, 0.2) is 24.3 Å². The summed E-state index contributed by atoms with van der Waals surface area (Å²) < 4.78 is 5.17. The highest BCUT2D eigenvalue weighted by molar-refractivity contribution is 6.30. The molecule has 5 nitrogen and oxygen atoms in total. The van der Waals surface area contributed by atoms with Crippen LogP contribution in [-0.4, -0.2) is 30.8 Å². The van der Waals surface area contributed by atoms with Crippen LogP contribution in [0.3, 0.4) is 0 Å². The third-order valence-corrected chi connectivity index (χ3v) is 2.88. The third kappa shape index (κ3) is 7.78. The maximum absolute atomic E-state index is 11.5. The first-order valence-electron chi connectivity index (χ1n) is 6.99. The average Bonchev–Trinajstić information content (AvgIpc) is 2.35. The molecule has 1 amide bonds. The number of benzene rings is 1. The second kappa shape index (κ2) is 8.10. The number of alkyl carbamates (subject to hydrolysis) is 1. The van der Waals surface area contributed by atoms with Crippen LogP contribution in [0.1, 0.15) is 27.2 Å². The topological polar surface area (TPSA) is 76.4 Å². The number of halogens is 1. The number of carbonyl (C=O) groups excluding carboxylic acids is 1. The summed E-state index contributed by atoms with van der Waals surface area (Å²) in [5.41, 5.74) is 6.16. The number of anilines is 1. The van der Waals surface area contributed by atoms with Gasteiger partial charge in [0.05, 0.1) is 0 Å². The molecule has 0 bridgehead atoms. The van der Waals surface area contributed by atoms with Crippen LogP contribution in [0, 0.1) is 0 Å². The molecule has 0 heterocycles. The van der Waals surface area contributed by atoms with Gasteiger partial charge in [-0.05, 0) is 45.4 Å². The normalized spacial score (nSPS) is 12.6. The van der Waals surface area contributed by atoms with Gasteiger partial charge < -0.3 is 21.1 Å². The molecule has 0 saturated carbocycles. The second-order valence-electron chi connectivity index (χ2n) is 5.80. The van der Waals surface area contributed by atoms with Crippen LogP contribution >= 0.6 is 11.6 Å². The maximum atomic E-state index is 11.5. The van der Waals surface area contributed by atoms with Gasteiger partial charge in [0.15, 0.2) is 0 Å². The zero-order valence-electron chi connectivity index (χ0n) is 12.8. The van der Waals surface area contributed by atoms with Gasteiger partial charge in [-0.2, -0.15) is 0 Å². The number of carbonyl (C=O) groups is 1. The first-order valence-corrected chi connectivity index (χ1v) is 7.37. The number of amides is 1. The van der Waals surface area contributed by atoms with E-state index in [2.05, 4.69) is 10.6 Å². The quantitative estimate of drug-likeness (QED) is 0.754. The van der Waals surface area contributed by atoms with Crippen LogP contribution in [0.5, 0.6) is 0 Å². The Labute approximate surface area is 131 Å². The van der Waals surface area contributed by atoms with Crippen molar-refractivity contribution in [1.29, 1.82) is 0 Å². The Kier molecular flexibility index (Phi) is 6.78. The largest absolute Gasteiger partial charge is 0.444 e. The molecule has 1 atom stereocenters. The summed E-state index contributed by atoms with van der Waals surface area (Å²) in [6, 6.07) is 7.51. The van der Waals surface area contributed by atoms with E-state index in [1.165, 1.54) is 0 Å². The van der Waals surface area contributed by atoms with Gasteiger partial charge in [0.1, 0.15) is 5.60 Å². The number of ether oxygens (including phenoxy) is 1. The molecule has 1 aromatic rings. The molecule has 0 spiro atoms. The van der Waals surface area contributed by atoms with Crippen LogP contribution in [0.4, 0.5) is 10.5 Å². The third-order valence-electron chi connectivity index (χ3n) is 2.64. The van der Waals surface area contributed by atoms with Crippen molar-refractivity contribution in [3.05, 3.63) is 29.3 Å². The lowest BCUT2D eigenvalue weighted by Crippen LogP contribution is -2.37. The van der Waals surface area contributed by atoms with Crippen molar-refractivity contribution in [2.45, 2.75) is 38.8 Å². The second-order valence-corrected chi connectivity index (χ2v) is 6.24. The molecule has 0 radical (unpaired) electrons. The Bertz CT molecular complexity index is 460. The van der Waals surface area contributed by atoms with Crippen molar-refractivity contribution >= 4 is 23.4 Å². The molecule has 1 rings (SSSR count). The summed E-state index contributed by atoms with van der Waals surface area (Å²) >= 11 is 5.93. The molecule has 4 N–H and O–H groups in total. The van der Waals surface area contributed by atoms with Crippen molar-refractivity contribution in [2.24, 2.45) is 5.73 Å². The smallest absolute Gasteiger partial charge is 0.407 e. The van der Waals surface area contributed by atoms with Crippen molar-refractivity contribution in [1.82, 2.24) is 5.32 Å². The Morgan fingerprint density at radius 1 is 1.43 bits per heavy atom. The first-order chi connectivity index (χ1) is 9.80. The minimum atomic E-state index is -0.490. The number of rotatable bonds is 6. The van der Waals surface area contributed by atoms with Crippen molar-refractivity contribution in [3.8, 4) is 0 Å². The van der Waals surface area contributed by atoms with Gasteiger partial charge in [-0.25, -0.2) is 4.79 Å². The van der Waals surface area contributed by atoms with Crippen molar-refractivity contribution in [3.63, 3.8) is 0 Å². The molecule has 1 unspecified atom stereocenters. The Morgan fingerprint density at radius 2 is 2.14 bits per heavy atom. The highest BCUT2D eigenvalue weighted by atomic mass is 35.5. The molecule has 6 heteroatoms. The van der Waals surface area contributed by atoms with E-state index in [9.17, 15) is 4.79 Å². The zero-order valence-corrected chi connectivity index (χ0v) is 13.5. The van der Waals surface area contributed by atoms with E-state index in [1.54, 1.807) is 0 Å². The van der Waals surface area contributed by atoms with Gasteiger partial charge in [-0.3, -0.25) is 0 Å². The molecule has 21 heavy (non-hydrogen) atoms. The fourth-order valence-electron chi connectivity index (χ4n) is 1.73. The van der Waals surface area contributed by atoms with E-state index in [4.69, 9.17) is 22.1 Å². The zero-order chi connectivity index (χ0) is 15.9. The van der Waals surface area contributed by atoms with Crippen LogP contribution in [0.25, 0.3) is 0 Å². The SMILES string of the molecule is CC(C)(C)OC(=O)NCCC(CN)Nc1cccc(Cl)c1. The molecule has 0 aliphatic carbocycles. The summed E-state index contributed by atoms with van der Waals surface area (Å²) in [7, 11) is 0. The molecular weight excluding hydrogens is 290 g/mol. The lowest BCUT2D eigenvalue weighted by Gasteiger charge is -2.21. The van der Waals surface area contributed by atoms with Gasteiger partial charge in [-0.15, -0.1) is 0 Å². The van der Waals surface area contributed by atoms with Crippen LogP contribution in [-0.2, 0) is 4.74 Å². The molecule has 1 aromatic carbocycles. The number of nitrogens with two attached hydrogens (primary N) is 1. The van der Waals surface area contributed by atoms with Gasteiger partial charge in [0.25, 0.3) is 0 Å².